The third-order valence-corrected chi connectivity index (χ3v) is 9.50. The average molecular weight is 595 g/mol. The number of azo groups is 1. The van der Waals surface area contributed by atoms with Crippen molar-refractivity contribution in [3.63, 3.8) is 0 Å². The van der Waals surface area contributed by atoms with E-state index in [1.165, 1.54) is 28.4 Å². The van der Waals surface area contributed by atoms with E-state index in [-0.39, 0.29) is 17.1 Å². The van der Waals surface area contributed by atoms with Crippen molar-refractivity contribution in [2.75, 3.05) is 18.0 Å². The molecule has 1 aliphatic rings. The summed E-state index contributed by atoms with van der Waals surface area (Å²) in [5.74, 6) is -1.64. The number of thiophene rings is 2. The first kappa shape index (κ1) is 29.6. The van der Waals surface area contributed by atoms with E-state index in [4.69, 9.17) is 0 Å². The van der Waals surface area contributed by atoms with Crippen LogP contribution in [0.25, 0.3) is 15.5 Å². The van der Waals surface area contributed by atoms with E-state index in [0.29, 0.717) is 11.1 Å². The van der Waals surface area contributed by atoms with Crippen LogP contribution in [0.15, 0.2) is 70.4 Å². The highest BCUT2D eigenvalue weighted by atomic mass is 32.1. The molecule has 1 aliphatic carbocycles. The van der Waals surface area contributed by atoms with Gasteiger partial charge in [-0.05, 0) is 79.8 Å². The van der Waals surface area contributed by atoms with Gasteiger partial charge in [0.25, 0.3) is 0 Å². The Morgan fingerprint density at radius 2 is 1.60 bits per heavy atom. The van der Waals surface area contributed by atoms with Gasteiger partial charge in [0.05, 0.1) is 11.8 Å². The Kier molecular flexibility index (Phi) is 9.41. The molecule has 0 saturated heterocycles. The molecule has 0 bridgehead atoms. The van der Waals surface area contributed by atoms with E-state index in [1.807, 2.05) is 36.4 Å². The number of allylic oxidation sites excluding steroid dienone is 1. The smallest absolute Gasteiger partial charge is 0.179 e. The lowest BCUT2D eigenvalue weighted by Crippen LogP contribution is -2.24. The van der Waals surface area contributed by atoms with Gasteiger partial charge in [-0.25, -0.2) is 0 Å². The number of anilines is 1. The zero-order valence-corrected chi connectivity index (χ0v) is 25.9. The summed E-state index contributed by atoms with van der Waals surface area (Å²) < 4.78 is 2.05. The van der Waals surface area contributed by atoms with Crippen LogP contribution in [-0.4, -0.2) is 24.7 Å². The van der Waals surface area contributed by atoms with Crippen molar-refractivity contribution in [1.82, 2.24) is 0 Å². The van der Waals surface area contributed by atoms with E-state index >= 15 is 0 Å². The van der Waals surface area contributed by atoms with Crippen molar-refractivity contribution in [3.05, 3.63) is 81.7 Å². The average Bonchev–Trinajstić information content (AvgIpc) is 3.63. The zero-order chi connectivity index (χ0) is 29.6. The van der Waals surface area contributed by atoms with Crippen LogP contribution in [0, 0.1) is 17.2 Å². The first-order valence-corrected chi connectivity index (χ1v) is 16.2. The number of nitriles is 1. The van der Waals surface area contributed by atoms with Crippen LogP contribution >= 0.6 is 22.7 Å². The van der Waals surface area contributed by atoms with Crippen LogP contribution in [0.3, 0.4) is 0 Å². The molecule has 0 spiro atoms. The molecule has 1 atom stereocenters. The minimum absolute atomic E-state index is 0.185. The van der Waals surface area contributed by atoms with Gasteiger partial charge in [-0.1, -0.05) is 39.3 Å². The van der Waals surface area contributed by atoms with Crippen LogP contribution < -0.4 is 4.90 Å². The molecule has 0 fully saturated rings. The second-order valence-electron chi connectivity index (χ2n) is 10.5. The minimum atomic E-state index is -1.07. The van der Waals surface area contributed by atoms with Crippen molar-refractivity contribution >= 4 is 66.1 Å². The lowest BCUT2D eigenvalue weighted by atomic mass is 9.94. The Hall–Kier alpha value is -3.93. The number of benzene rings is 2. The van der Waals surface area contributed by atoms with E-state index in [9.17, 15) is 14.9 Å². The molecular weight excluding hydrogens is 561 g/mol. The monoisotopic (exact) mass is 594 g/mol. The fourth-order valence-corrected chi connectivity index (χ4v) is 7.48. The first-order chi connectivity index (χ1) is 20.4. The summed E-state index contributed by atoms with van der Waals surface area (Å²) in [5, 5.41) is 19.6. The van der Waals surface area contributed by atoms with Crippen molar-refractivity contribution < 1.29 is 9.59 Å². The topological polar surface area (TPSA) is 85.9 Å². The van der Waals surface area contributed by atoms with Gasteiger partial charge in [0.2, 0.25) is 0 Å². The summed E-state index contributed by atoms with van der Waals surface area (Å²) in [7, 11) is 0. The maximum absolute atomic E-state index is 13.3. The van der Waals surface area contributed by atoms with Gasteiger partial charge in [-0.15, -0.1) is 32.9 Å². The number of hydrogen-bond acceptors (Lipinski definition) is 8. The quantitative estimate of drug-likeness (QED) is 0.0928. The molecular formula is C34H34N4O2S2. The molecule has 0 amide bonds. The van der Waals surface area contributed by atoms with Crippen LogP contribution in [0.4, 0.5) is 16.4 Å². The second-order valence-corrected chi connectivity index (χ2v) is 12.7. The molecule has 8 heteroatoms. The number of ketones is 2. The number of rotatable bonds is 12. The van der Waals surface area contributed by atoms with Gasteiger partial charge >= 0.3 is 0 Å². The maximum Gasteiger partial charge on any atom is 0.179 e. The van der Waals surface area contributed by atoms with Gasteiger partial charge in [-0.2, -0.15) is 5.26 Å². The first-order valence-electron chi connectivity index (χ1n) is 14.6. The Bertz CT molecular complexity index is 1670. The zero-order valence-electron chi connectivity index (χ0n) is 24.2. The maximum atomic E-state index is 13.3. The van der Waals surface area contributed by atoms with Crippen molar-refractivity contribution in [2.24, 2.45) is 16.1 Å². The fourth-order valence-electron chi connectivity index (χ4n) is 5.30. The normalized spacial score (nSPS) is 15.1. The lowest BCUT2D eigenvalue weighted by Gasteiger charge is -2.23. The minimum Gasteiger partial charge on any atom is -0.372 e. The Balaban J connectivity index is 1.30. The molecule has 4 aromatic rings. The lowest BCUT2D eigenvalue weighted by molar-refractivity contribution is 0.0867. The van der Waals surface area contributed by atoms with E-state index in [0.717, 1.165) is 75.7 Å². The number of fused-ring (bicyclic) bond motifs is 2. The predicted molar refractivity (Wildman–Crippen MR) is 174 cm³/mol. The Morgan fingerprint density at radius 1 is 0.881 bits per heavy atom. The summed E-state index contributed by atoms with van der Waals surface area (Å²) in [4.78, 5) is 29.6. The standard InChI is InChI=1S/C34H34N4O2S2/c1-4-7-8-22-9-14-27-28(17-22)34(40)32(33(27)39)23(21-35)18-26-19-29-30(41-26)20-31(42-29)37-36-24-10-12-25(13-11-24)38(15-5-2)16-6-3/h9-14,17-20,32H,4-8,15-16H2,1-3H3/b23-18+,37-36?. The summed E-state index contributed by atoms with van der Waals surface area (Å²) in [6, 6.07) is 19.8. The number of carbonyl (C=O) groups is 2. The van der Waals surface area contributed by atoms with Gasteiger partial charge < -0.3 is 4.90 Å². The number of aryl methyl sites for hydroxylation is 1. The highest BCUT2D eigenvalue weighted by Crippen LogP contribution is 2.40. The molecule has 6 nitrogen and oxygen atoms in total. The summed E-state index contributed by atoms with van der Waals surface area (Å²) >= 11 is 3.03. The van der Waals surface area contributed by atoms with Crippen molar-refractivity contribution in [3.8, 4) is 6.07 Å². The van der Waals surface area contributed by atoms with Gasteiger partial charge in [0.1, 0.15) is 10.9 Å². The third kappa shape index (κ3) is 6.28. The molecule has 0 radical (unpaired) electrons. The molecule has 2 heterocycles. The molecule has 2 aromatic heterocycles. The number of carbonyl (C=O) groups excluding carboxylic acids is 2. The van der Waals surface area contributed by atoms with Crippen LogP contribution in [-0.2, 0) is 6.42 Å². The van der Waals surface area contributed by atoms with Crippen LogP contribution in [0.1, 0.15) is 77.6 Å². The SMILES string of the molecule is CCCCc1ccc2c(c1)C(=O)C(/C(C#N)=C/c1cc3sc(N=Nc4ccc(N(CCC)CCC)cc4)cc3s1)C2=O. The number of Topliss-reactive ketones (excluding diaryl/α,β-unsaturated/α-hetero) is 2. The highest BCUT2D eigenvalue weighted by molar-refractivity contribution is 7.30. The van der Waals surface area contributed by atoms with Crippen molar-refractivity contribution in [2.45, 2.75) is 52.9 Å². The molecule has 5 rings (SSSR count). The summed E-state index contributed by atoms with van der Waals surface area (Å²) in [5.41, 5.74) is 4.10. The van der Waals surface area contributed by atoms with Crippen LogP contribution in [0.2, 0.25) is 0 Å². The van der Waals surface area contributed by atoms with Gasteiger partial charge in [0.15, 0.2) is 11.6 Å². The highest BCUT2D eigenvalue weighted by Gasteiger charge is 2.41. The molecule has 214 valence electrons. The van der Waals surface area contributed by atoms with Crippen LogP contribution in [0.5, 0.6) is 0 Å². The largest absolute Gasteiger partial charge is 0.372 e. The van der Waals surface area contributed by atoms with E-state index < -0.39 is 5.92 Å². The second kappa shape index (κ2) is 13.4. The third-order valence-electron chi connectivity index (χ3n) is 7.38. The fraction of sp³-hybridized carbons (Fsp3) is 0.324. The van der Waals surface area contributed by atoms with Gasteiger partial charge in [-0.3, -0.25) is 9.59 Å². The summed E-state index contributed by atoms with van der Waals surface area (Å²) in [6.45, 7) is 8.58. The van der Waals surface area contributed by atoms with Gasteiger partial charge in [0, 0.05) is 49.8 Å². The van der Waals surface area contributed by atoms with Crippen molar-refractivity contribution in [1.29, 1.82) is 5.26 Å². The molecule has 42 heavy (non-hydrogen) atoms. The number of hydrogen-bond donors (Lipinski definition) is 0. The Labute approximate surface area is 255 Å². The molecule has 2 aromatic carbocycles. The number of nitrogens with zero attached hydrogens (tertiary/aromatic N) is 4. The summed E-state index contributed by atoms with van der Waals surface area (Å²) in [6.07, 6.45) is 6.85. The van der Waals surface area contributed by atoms with E-state index in [2.05, 4.69) is 54.1 Å². The Morgan fingerprint density at radius 3 is 2.26 bits per heavy atom. The van der Waals surface area contributed by atoms with E-state index in [1.54, 1.807) is 12.1 Å². The molecule has 0 aliphatic heterocycles. The molecule has 0 N–H and O–H groups in total. The molecule has 1 unspecified atom stereocenters. The predicted octanol–water partition coefficient (Wildman–Crippen LogP) is 9.95. The number of unbranched alkanes of at least 4 members (excludes halogenated alkanes) is 1. The molecule has 0 saturated carbocycles.